The first kappa shape index (κ1) is 13.7. The van der Waals surface area contributed by atoms with Crippen molar-refractivity contribution in [2.24, 2.45) is 5.73 Å². The Labute approximate surface area is 109 Å². The lowest BCUT2D eigenvalue weighted by molar-refractivity contribution is -0.137. The second kappa shape index (κ2) is 4.74. The van der Waals surface area contributed by atoms with Crippen LogP contribution in [0.5, 0.6) is 0 Å². The molecule has 0 saturated carbocycles. The average molecular weight is 269 g/mol. The summed E-state index contributed by atoms with van der Waals surface area (Å²) in [5.41, 5.74) is 4.98. The van der Waals surface area contributed by atoms with Crippen LogP contribution < -0.4 is 10.6 Å². The summed E-state index contributed by atoms with van der Waals surface area (Å²) in [5.74, 6) is 0. The molecule has 0 radical (unpaired) electrons. The van der Waals surface area contributed by atoms with Gasteiger partial charge in [-0.25, -0.2) is 0 Å². The van der Waals surface area contributed by atoms with E-state index in [1.54, 1.807) is 0 Å². The molecular weight excluding hydrogens is 255 g/mol. The largest absolute Gasteiger partial charge is 0.416 e. The third-order valence-corrected chi connectivity index (χ3v) is 3.31. The van der Waals surface area contributed by atoms with E-state index in [2.05, 4.69) is 6.07 Å². The van der Waals surface area contributed by atoms with Crippen molar-refractivity contribution in [2.75, 3.05) is 18.0 Å². The molecule has 1 saturated heterocycles. The fourth-order valence-corrected chi connectivity index (χ4v) is 2.26. The molecule has 1 unspecified atom stereocenters. The van der Waals surface area contributed by atoms with E-state index in [0.29, 0.717) is 25.2 Å². The summed E-state index contributed by atoms with van der Waals surface area (Å²) in [6, 6.07) is 7.02. The minimum atomic E-state index is -4.33. The van der Waals surface area contributed by atoms with Crippen LogP contribution in [0.1, 0.15) is 18.4 Å². The molecule has 6 heteroatoms. The molecule has 1 heterocycles. The molecule has 19 heavy (non-hydrogen) atoms. The van der Waals surface area contributed by atoms with Crippen LogP contribution in [0.2, 0.25) is 0 Å². The number of rotatable bonds is 1. The second-order valence-electron chi connectivity index (χ2n) is 4.84. The molecule has 2 rings (SSSR count). The van der Waals surface area contributed by atoms with Gasteiger partial charge in [0.25, 0.3) is 0 Å². The van der Waals surface area contributed by atoms with Gasteiger partial charge in [0.05, 0.1) is 11.6 Å². The van der Waals surface area contributed by atoms with Crippen LogP contribution in [-0.2, 0) is 6.18 Å². The number of anilines is 1. The van der Waals surface area contributed by atoms with E-state index in [9.17, 15) is 13.2 Å². The number of piperidine rings is 1. The Morgan fingerprint density at radius 3 is 2.42 bits per heavy atom. The maximum Gasteiger partial charge on any atom is 0.416 e. The summed E-state index contributed by atoms with van der Waals surface area (Å²) in [5, 5.41) is 9.02. The van der Waals surface area contributed by atoms with Gasteiger partial charge < -0.3 is 10.6 Å². The van der Waals surface area contributed by atoms with E-state index in [-0.39, 0.29) is 0 Å². The monoisotopic (exact) mass is 269 g/mol. The highest BCUT2D eigenvalue weighted by Gasteiger charge is 2.33. The third kappa shape index (κ3) is 2.99. The fourth-order valence-electron chi connectivity index (χ4n) is 2.26. The van der Waals surface area contributed by atoms with Crippen LogP contribution in [0.3, 0.4) is 0 Å². The lowest BCUT2D eigenvalue weighted by Crippen LogP contribution is -2.53. The standard InChI is InChI=1S/C13H14F3N3/c14-13(15,16)10-2-4-11(5-3-10)19-7-1-6-12(18,8-17)9-19/h2-5H,1,6-7,9,18H2. The Kier molecular flexibility index (Phi) is 3.42. The normalized spacial score (nSPS) is 24.1. The summed E-state index contributed by atoms with van der Waals surface area (Å²) in [4.78, 5) is 1.85. The first-order valence-electron chi connectivity index (χ1n) is 5.96. The summed E-state index contributed by atoms with van der Waals surface area (Å²) in [7, 11) is 0. The minimum Gasteiger partial charge on any atom is -0.369 e. The van der Waals surface area contributed by atoms with Crippen molar-refractivity contribution in [1.29, 1.82) is 5.26 Å². The zero-order valence-corrected chi connectivity index (χ0v) is 10.2. The Morgan fingerprint density at radius 2 is 1.89 bits per heavy atom. The average Bonchev–Trinajstić information content (AvgIpc) is 2.38. The van der Waals surface area contributed by atoms with Gasteiger partial charge in [-0.15, -0.1) is 0 Å². The van der Waals surface area contributed by atoms with Crippen LogP contribution in [0.15, 0.2) is 24.3 Å². The maximum atomic E-state index is 12.5. The summed E-state index contributed by atoms with van der Waals surface area (Å²) >= 11 is 0. The number of nitrogens with two attached hydrogens (primary N) is 1. The number of hydrogen-bond acceptors (Lipinski definition) is 3. The number of halogens is 3. The van der Waals surface area contributed by atoms with Gasteiger partial charge in [-0.3, -0.25) is 0 Å². The van der Waals surface area contributed by atoms with Crippen LogP contribution >= 0.6 is 0 Å². The number of hydrogen-bond donors (Lipinski definition) is 1. The molecule has 0 aliphatic carbocycles. The van der Waals surface area contributed by atoms with Gasteiger partial charge in [-0.05, 0) is 37.1 Å². The highest BCUT2D eigenvalue weighted by molar-refractivity contribution is 5.49. The van der Waals surface area contributed by atoms with Gasteiger partial charge in [-0.1, -0.05) is 0 Å². The molecule has 3 nitrogen and oxygen atoms in total. The zero-order chi connectivity index (χ0) is 14.1. The molecule has 1 aromatic rings. The van der Waals surface area contributed by atoms with Gasteiger partial charge in [0.15, 0.2) is 0 Å². The first-order chi connectivity index (χ1) is 8.84. The molecular formula is C13H14F3N3. The van der Waals surface area contributed by atoms with E-state index >= 15 is 0 Å². The molecule has 2 N–H and O–H groups in total. The molecule has 1 aromatic carbocycles. The van der Waals surface area contributed by atoms with E-state index in [1.807, 2.05) is 4.90 Å². The predicted octanol–water partition coefficient (Wildman–Crippen LogP) is 2.53. The minimum absolute atomic E-state index is 0.342. The smallest absolute Gasteiger partial charge is 0.369 e. The highest BCUT2D eigenvalue weighted by atomic mass is 19.4. The summed E-state index contributed by atoms with van der Waals surface area (Å²) < 4.78 is 37.4. The van der Waals surface area contributed by atoms with Gasteiger partial charge in [-0.2, -0.15) is 18.4 Å². The number of alkyl halides is 3. The van der Waals surface area contributed by atoms with Crippen LogP contribution in [0, 0.1) is 11.3 Å². The molecule has 0 spiro atoms. The molecule has 1 fully saturated rings. The lowest BCUT2D eigenvalue weighted by atomic mass is 9.91. The molecule has 1 aliphatic heterocycles. The zero-order valence-electron chi connectivity index (χ0n) is 10.2. The number of nitrogens with zero attached hydrogens (tertiary/aromatic N) is 2. The molecule has 0 aromatic heterocycles. The molecule has 0 bridgehead atoms. The van der Waals surface area contributed by atoms with Gasteiger partial charge in [0.1, 0.15) is 5.54 Å². The fraction of sp³-hybridized carbons (Fsp3) is 0.462. The second-order valence-corrected chi connectivity index (χ2v) is 4.84. The maximum absolute atomic E-state index is 12.5. The third-order valence-electron chi connectivity index (χ3n) is 3.31. The highest BCUT2D eigenvalue weighted by Crippen LogP contribution is 2.31. The number of benzene rings is 1. The Bertz CT molecular complexity index is 489. The molecule has 1 atom stereocenters. The van der Waals surface area contributed by atoms with E-state index in [0.717, 1.165) is 18.6 Å². The van der Waals surface area contributed by atoms with Crippen molar-refractivity contribution >= 4 is 5.69 Å². The van der Waals surface area contributed by atoms with Crippen LogP contribution in [-0.4, -0.2) is 18.6 Å². The van der Waals surface area contributed by atoms with Crippen LogP contribution in [0.4, 0.5) is 18.9 Å². The van der Waals surface area contributed by atoms with Crippen LogP contribution in [0.25, 0.3) is 0 Å². The quantitative estimate of drug-likeness (QED) is 0.852. The topological polar surface area (TPSA) is 53.1 Å². The number of nitriles is 1. The van der Waals surface area contributed by atoms with Crippen molar-refractivity contribution < 1.29 is 13.2 Å². The van der Waals surface area contributed by atoms with Crippen molar-refractivity contribution in [3.8, 4) is 6.07 Å². The lowest BCUT2D eigenvalue weighted by Gasteiger charge is -2.37. The molecule has 102 valence electrons. The predicted molar refractivity (Wildman–Crippen MR) is 65.4 cm³/mol. The van der Waals surface area contributed by atoms with Crippen molar-refractivity contribution in [3.05, 3.63) is 29.8 Å². The van der Waals surface area contributed by atoms with Crippen molar-refractivity contribution in [1.82, 2.24) is 0 Å². The van der Waals surface area contributed by atoms with Crippen molar-refractivity contribution in [3.63, 3.8) is 0 Å². The van der Waals surface area contributed by atoms with E-state index in [1.165, 1.54) is 12.1 Å². The van der Waals surface area contributed by atoms with E-state index < -0.39 is 17.3 Å². The molecule has 0 amide bonds. The molecule has 1 aliphatic rings. The summed E-state index contributed by atoms with van der Waals surface area (Å²) in [6.07, 6.45) is -2.96. The first-order valence-corrected chi connectivity index (χ1v) is 5.96. The SMILES string of the molecule is N#CC1(N)CCCN(c2ccc(C(F)(F)F)cc2)C1. The van der Waals surface area contributed by atoms with Gasteiger partial charge in [0, 0.05) is 18.8 Å². The summed E-state index contributed by atoms with van der Waals surface area (Å²) in [6.45, 7) is 1.04. The van der Waals surface area contributed by atoms with Gasteiger partial charge in [0.2, 0.25) is 0 Å². The van der Waals surface area contributed by atoms with Gasteiger partial charge >= 0.3 is 6.18 Å². The Morgan fingerprint density at radius 1 is 1.26 bits per heavy atom. The Balaban J connectivity index is 2.17. The van der Waals surface area contributed by atoms with E-state index in [4.69, 9.17) is 11.0 Å². The van der Waals surface area contributed by atoms with Crippen molar-refractivity contribution in [2.45, 2.75) is 24.6 Å². The Hall–Kier alpha value is -1.74.